The molecule has 0 aliphatic heterocycles. The summed E-state index contributed by atoms with van der Waals surface area (Å²) in [6, 6.07) is 8.84. The zero-order chi connectivity index (χ0) is 26.0. The van der Waals surface area contributed by atoms with Crippen molar-refractivity contribution < 1.29 is 23.9 Å². The summed E-state index contributed by atoms with van der Waals surface area (Å²) in [6.07, 6.45) is 2.10. The van der Waals surface area contributed by atoms with E-state index in [0.29, 0.717) is 39.3 Å². The lowest BCUT2D eigenvalue weighted by atomic mass is 10.2. The molecule has 0 bridgehead atoms. The first-order valence-electron chi connectivity index (χ1n) is 10.9. The van der Waals surface area contributed by atoms with Crippen molar-refractivity contribution in [3.05, 3.63) is 49.5 Å². The van der Waals surface area contributed by atoms with E-state index in [9.17, 15) is 14.4 Å². The van der Waals surface area contributed by atoms with Crippen LogP contribution in [0.2, 0.25) is 0 Å². The fraction of sp³-hybridized carbons (Fsp3) is 0.333. The van der Waals surface area contributed by atoms with Gasteiger partial charge in [-0.15, -0.1) is 0 Å². The molecule has 0 aromatic heterocycles. The Hall–Kier alpha value is -2.67. The molecule has 3 N–H and O–H groups in total. The average Bonchev–Trinajstić information content (AvgIpc) is 2.80. The van der Waals surface area contributed by atoms with Gasteiger partial charge in [-0.3, -0.25) is 14.4 Å². The second kappa shape index (κ2) is 14.0. The van der Waals surface area contributed by atoms with E-state index in [1.807, 2.05) is 32.9 Å². The van der Waals surface area contributed by atoms with Crippen molar-refractivity contribution in [2.24, 2.45) is 5.10 Å². The number of carbonyl (C=O) groups is 3. The fourth-order valence-electron chi connectivity index (χ4n) is 2.73. The number of hydrogen-bond acceptors (Lipinski definition) is 6. The van der Waals surface area contributed by atoms with Gasteiger partial charge in [-0.1, -0.05) is 22.9 Å². The second-order valence-corrected chi connectivity index (χ2v) is 9.56. The van der Waals surface area contributed by atoms with Gasteiger partial charge in [0.15, 0.2) is 18.1 Å². The summed E-state index contributed by atoms with van der Waals surface area (Å²) >= 11 is 5.50. The highest BCUT2D eigenvalue weighted by Gasteiger charge is 2.16. The molecular weight excluding hydrogens is 631 g/mol. The number of rotatable bonds is 10. The largest absolute Gasteiger partial charge is 0.490 e. The number of benzene rings is 2. The lowest BCUT2D eigenvalue weighted by Gasteiger charge is -2.15. The maximum atomic E-state index is 12.4. The minimum atomic E-state index is -0.854. The Labute approximate surface area is 226 Å². The Morgan fingerprint density at radius 3 is 2.54 bits per heavy atom. The van der Waals surface area contributed by atoms with E-state index in [4.69, 9.17) is 9.47 Å². The quantitative estimate of drug-likeness (QED) is 0.154. The first-order chi connectivity index (χ1) is 16.6. The molecule has 0 heterocycles. The van der Waals surface area contributed by atoms with Crippen molar-refractivity contribution in [3.63, 3.8) is 0 Å². The number of aryl methyl sites for hydroxylation is 1. The third-order valence-electron chi connectivity index (χ3n) is 4.70. The molecule has 9 nitrogen and oxygen atoms in total. The van der Waals surface area contributed by atoms with Crippen LogP contribution >= 0.6 is 38.5 Å². The summed E-state index contributed by atoms with van der Waals surface area (Å²) in [7, 11) is 0. The smallest absolute Gasteiger partial charge is 0.329 e. The van der Waals surface area contributed by atoms with Crippen molar-refractivity contribution in [1.29, 1.82) is 0 Å². The van der Waals surface area contributed by atoms with Crippen LogP contribution in [0.25, 0.3) is 0 Å². The molecule has 0 fully saturated rings. The van der Waals surface area contributed by atoms with Gasteiger partial charge < -0.3 is 20.1 Å². The predicted molar refractivity (Wildman–Crippen MR) is 147 cm³/mol. The van der Waals surface area contributed by atoms with Crippen LogP contribution in [0.15, 0.2) is 39.9 Å². The molecule has 0 radical (unpaired) electrons. The zero-order valence-electron chi connectivity index (χ0n) is 19.9. The van der Waals surface area contributed by atoms with Crippen LogP contribution in [-0.2, 0) is 14.4 Å². The van der Waals surface area contributed by atoms with E-state index in [1.54, 1.807) is 25.1 Å². The molecule has 0 spiro atoms. The molecule has 0 saturated carbocycles. The molecular formula is C24H28BrIN4O5. The van der Waals surface area contributed by atoms with Crippen molar-refractivity contribution in [1.82, 2.24) is 10.7 Å². The maximum absolute atomic E-state index is 12.4. The Balaban J connectivity index is 2.04. The number of carbonyl (C=O) groups excluding carboxylic acids is 3. The van der Waals surface area contributed by atoms with Crippen molar-refractivity contribution in [2.45, 2.75) is 40.2 Å². The molecule has 35 heavy (non-hydrogen) atoms. The van der Waals surface area contributed by atoms with Crippen LogP contribution < -0.4 is 25.5 Å². The molecule has 2 aromatic rings. The Kier molecular flexibility index (Phi) is 11.4. The van der Waals surface area contributed by atoms with Crippen molar-refractivity contribution in [2.75, 3.05) is 18.5 Å². The van der Waals surface area contributed by atoms with Gasteiger partial charge in [0.25, 0.3) is 5.91 Å². The van der Waals surface area contributed by atoms with Gasteiger partial charge in [-0.05, 0) is 91.2 Å². The topological polar surface area (TPSA) is 118 Å². The molecule has 188 valence electrons. The summed E-state index contributed by atoms with van der Waals surface area (Å²) in [5.41, 5.74) is 4.49. The minimum Gasteiger partial charge on any atom is -0.490 e. The van der Waals surface area contributed by atoms with Gasteiger partial charge in [0.2, 0.25) is 0 Å². The molecule has 2 aromatic carbocycles. The summed E-state index contributed by atoms with van der Waals surface area (Å²) < 4.78 is 13.1. The van der Waals surface area contributed by atoms with E-state index < -0.39 is 11.8 Å². The van der Waals surface area contributed by atoms with Gasteiger partial charge >= 0.3 is 11.8 Å². The zero-order valence-corrected chi connectivity index (χ0v) is 23.7. The van der Waals surface area contributed by atoms with Crippen LogP contribution in [0, 0.1) is 10.5 Å². The van der Waals surface area contributed by atoms with E-state index in [2.05, 4.69) is 59.7 Å². The highest BCUT2D eigenvalue weighted by molar-refractivity contribution is 14.1. The number of nitrogens with zero attached hydrogens (tertiary/aromatic N) is 1. The summed E-state index contributed by atoms with van der Waals surface area (Å²) in [5.74, 6) is -1.07. The lowest BCUT2D eigenvalue weighted by molar-refractivity contribution is -0.139. The van der Waals surface area contributed by atoms with Gasteiger partial charge in [0.1, 0.15) is 0 Å². The number of amides is 3. The summed E-state index contributed by atoms with van der Waals surface area (Å²) in [4.78, 5) is 36.1. The summed E-state index contributed by atoms with van der Waals surface area (Å²) in [6.45, 7) is 7.65. The molecule has 0 saturated heterocycles. The van der Waals surface area contributed by atoms with E-state index in [-0.39, 0.29) is 18.6 Å². The monoisotopic (exact) mass is 658 g/mol. The number of hydrogen-bond donors (Lipinski definition) is 3. The normalized spacial score (nSPS) is 11.6. The number of anilines is 1. The molecule has 2 rings (SSSR count). The highest BCUT2D eigenvalue weighted by Crippen LogP contribution is 2.34. The maximum Gasteiger partial charge on any atom is 0.329 e. The Morgan fingerprint density at radius 2 is 1.89 bits per heavy atom. The van der Waals surface area contributed by atoms with Gasteiger partial charge in [0.05, 0.1) is 16.4 Å². The molecule has 1 atom stereocenters. The van der Waals surface area contributed by atoms with Crippen LogP contribution in [0.3, 0.4) is 0 Å². The first-order valence-corrected chi connectivity index (χ1v) is 12.8. The Morgan fingerprint density at radius 1 is 1.14 bits per heavy atom. The van der Waals surface area contributed by atoms with Crippen LogP contribution in [-0.4, -0.2) is 43.2 Å². The van der Waals surface area contributed by atoms with E-state index in [1.165, 1.54) is 6.21 Å². The van der Waals surface area contributed by atoms with E-state index in [0.717, 1.165) is 10.0 Å². The standard InChI is InChI=1S/C24H28BrIN4O5/c1-5-15(4)28-23(32)24(33)30-27-12-16-10-19(26)22(20(11-16)34-6-2)35-13-21(31)29-17-7-8-18(25)14(3)9-17/h7-12,15H,5-6,13H2,1-4H3,(H,28,32)(H,29,31)(H,30,33)/b27-12-/t15-/m1/s1. The second-order valence-electron chi connectivity index (χ2n) is 7.55. The fourth-order valence-corrected chi connectivity index (χ4v) is 3.76. The van der Waals surface area contributed by atoms with Crippen LogP contribution in [0.5, 0.6) is 11.5 Å². The molecule has 0 aliphatic rings. The number of halogens is 2. The van der Waals surface area contributed by atoms with Crippen LogP contribution in [0.1, 0.15) is 38.3 Å². The number of hydrazone groups is 1. The first kappa shape index (κ1) is 28.6. The average molecular weight is 659 g/mol. The van der Waals surface area contributed by atoms with Gasteiger partial charge in [-0.25, -0.2) is 5.43 Å². The van der Waals surface area contributed by atoms with E-state index >= 15 is 0 Å². The third-order valence-corrected chi connectivity index (χ3v) is 6.39. The van der Waals surface area contributed by atoms with Gasteiger partial charge in [-0.2, -0.15) is 5.10 Å². The van der Waals surface area contributed by atoms with Gasteiger partial charge in [0, 0.05) is 16.2 Å². The van der Waals surface area contributed by atoms with Crippen molar-refractivity contribution in [3.8, 4) is 11.5 Å². The Bertz CT molecular complexity index is 1110. The lowest BCUT2D eigenvalue weighted by Crippen LogP contribution is -2.41. The number of nitrogens with one attached hydrogen (secondary N) is 3. The SMILES string of the molecule is CCOc1cc(/C=N\NC(=O)C(=O)N[C@H](C)CC)cc(I)c1OCC(=O)Nc1ccc(Br)c(C)c1. The molecule has 0 unspecified atom stereocenters. The summed E-state index contributed by atoms with van der Waals surface area (Å²) in [5, 5.41) is 9.22. The third kappa shape index (κ3) is 9.13. The molecule has 11 heteroatoms. The molecule has 3 amide bonds. The van der Waals surface area contributed by atoms with Crippen molar-refractivity contribution >= 4 is 68.1 Å². The molecule has 0 aliphatic carbocycles. The highest BCUT2D eigenvalue weighted by atomic mass is 127. The minimum absolute atomic E-state index is 0.110. The van der Waals surface area contributed by atoms with Crippen LogP contribution in [0.4, 0.5) is 5.69 Å². The predicted octanol–water partition coefficient (Wildman–Crippen LogP) is 4.14. The number of ether oxygens (including phenoxy) is 2.